The van der Waals surface area contributed by atoms with Crippen molar-refractivity contribution in [3.63, 3.8) is 0 Å². The molecule has 1 aromatic rings. The molecule has 0 saturated carbocycles. The molecule has 6 heteroatoms. The smallest absolute Gasteiger partial charge is 0.229 e. The first-order valence-corrected chi connectivity index (χ1v) is 5.05. The molecule has 1 saturated heterocycles. The quantitative estimate of drug-likeness (QED) is 0.747. The van der Waals surface area contributed by atoms with E-state index in [4.69, 9.17) is 5.73 Å². The van der Waals surface area contributed by atoms with Crippen LogP contribution in [-0.2, 0) is 9.59 Å². The Labute approximate surface area is 84.5 Å². The molecule has 2 heterocycles. The van der Waals surface area contributed by atoms with Crippen molar-refractivity contribution in [1.82, 2.24) is 4.98 Å². The van der Waals surface area contributed by atoms with Crippen LogP contribution in [0.3, 0.4) is 0 Å². The number of aromatic nitrogens is 1. The summed E-state index contributed by atoms with van der Waals surface area (Å²) in [5.41, 5.74) is 5.14. The third-order valence-electron chi connectivity index (χ3n) is 2.18. The van der Waals surface area contributed by atoms with E-state index in [1.54, 1.807) is 11.6 Å². The Bertz CT molecular complexity index is 363. The van der Waals surface area contributed by atoms with Crippen LogP contribution >= 0.6 is 11.3 Å². The van der Waals surface area contributed by atoms with E-state index in [-0.39, 0.29) is 18.2 Å². The minimum atomic E-state index is -0.419. The zero-order valence-electron chi connectivity index (χ0n) is 7.34. The van der Waals surface area contributed by atoms with Crippen LogP contribution < -0.4 is 10.6 Å². The van der Waals surface area contributed by atoms with Gasteiger partial charge in [0.05, 0.1) is 5.92 Å². The molecule has 2 amide bonds. The first-order valence-electron chi connectivity index (χ1n) is 4.17. The predicted molar refractivity (Wildman–Crippen MR) is 51.8 cm³/mol. The molecule has 0 spiro atoms. The Morgan fingerprint density at radius 1 is 1.71 bits per heavy atom. The van der Waals surface area contributed by atoms with Gasteiger partial charge in [0.15, 0.2) is 5.13 Å². The fraction of sp³-hybridized carbons (Fsp3) is 0.375. The van der Waals surface area contributed by atoms with Crippen LogP contribution in [-0.4, -0.2) is 23.3 Å². The highest BCUT2D eigenvalue weighted by molar-refractivity contribution is 7.13. The maximum Gasteiger partial charge on any atom is 0.229 e. The lowest BCUT2D eigenvalue weighted by Crippen LogP contribution is -2.28. The molecule has 1 unspecified atom stereocenters. The zero-order valence-corrected chi connectivity index (χ0v) is 8.16. The maximum atomic E-state index is 11.5. The van der Waals surface area contributed by atoms with Gasteiger partial charge in [-0.3, -0.25) is 14.5 Å². The van der Waals surface area contributed by atoms with Gasteiger partial charge in [-0.15, -0.1) is 11.3 Å². The molecule has 5 nitrogen and oxygen atoms in total. The first kappa shape index (κ1) is 9.14. The van der Waals surface area contributed by atoms with E-state index < -0.39 is 5.91 Å². The summed E-state index contributed by atoms with van der Waals surface area (Å²) in [6.07, 6.45) is 1.83. The number of thiazole rings is 1. The molecule has 2 rings (SSSR count). The SMILES string of the molecule is NC(=O)C1CC(=O)N(c2nccs2)C1. The summed E-state index contributed by atoms with van der Waals surface area (Å²) in [5, 5.41) is 2.43. The highest BCUT2D eigenvalue weighted by Crippen LogP contribution is 2.26. The van der Waals surface area contributed by atoms with Crippen LogP contribution in [0.25, 0.3) is 0 Å². The summed E-state index contributed by atoms with van der Waals surface area (Å²) in [7, 11) is 0. The lowest BCUT2D eigenvalue weighted by molar-refractivity contribution is -0.123. The van der Waals surface area contributed by atoms with Crippen molar-refractivity contribution < 1.29 is 9.59 Å². The predicted octanol–water partition coefficient (Wildman–Crippen LogP) is -0.0187. The van der Waals surface area contributed by atoms with E-state index >= 15 is 0 Å². The van der Waals surface area contributed by atoms with Gasteiger partial charge in [0, 0.05) is 24.5 Å². The second-order valence-corrected chi connectivity index (χ2v) is 4.00. The van der Waals surface area contributed by atoms with E-state index in [2.05, 4.69) is 4.98 Å². The Morgan fingerprint density at radius 3 is 3.00 bits per heavy atom. The van der Waals surface area contributed by atoms with Crippen LogP contribution in [0.1, 0.15) is 6.42 Å². The summed E-state index contributed by atoms with van der Waals surface area (Å²) in [4.78, 5) is 27.9. The van der Waals surface area contributed by atoms with E-state index in [1.165, 1.54) is 16.2 Å². The molecule has 0 radical (unpaired) electrons. The number of carbonyl (C=O) groups excluding carboxylic acids is 2. The second kappa shape index (κ2) is 3.38. The molecule has 0 aliphatic carbocycles. The average Bonchev–Trinajstić information content (AvgIpc) is 2.71. The number of hydrogen-bond acceptors (Lipinski definition) is 4. The van der Waals surface area contributed by atoms with Crippen LogP contribution in [0, 0.1) is 5.92 Å². The number of anilines is 1. The van der Waals surface area contributed by atoms with Gasteiger partial charge < -0.3 is 5.73 Å². The van der Waals surface area contributed by atoms with Gasteiger partial charge in [-0.2, -0.15) is 0 Å². The Hall–Kier alpha value is -1.43. The Morgan fingerprint density at radius 2 is 2.50 bits per heavy atom. The number of nitrogens with two attached hydrogens (primary N) is 1. The molecular weight excluding hydrogens is 202 g/mol. The van der Waals surface area contributed by atoms with E-state index in [9.17, 15) is 9.59 Å². The van der Waals surface area contributed by atoms with Gasteiger partial charge in [0.1, 0.15) is 0 Å². The van der Waals surface area contributed by atoms with Crippen LogP contribution in [0.2, 0.25) is 0 Å². The van der Waals surface area contributed by atoms with Crippen molar-refractivity contribution in [2.45, 2.75) is 6.42 Å². The van der Waals surface area contributed by atoms with Crippen LogP contribution in [0.5, 0.6) is 0 Å². The molecular formula is C8H9N3O2S. The number of hydrogen-bond donors (Lipinski definition) is 1. The minimum Gasteiger partial charge on any atom is -0.369 e. The van der Waals surface area contributed by atoms with Crippen LogP contribution in [0.4, 0.5) is 5.13 Å². The summed E-state index contributed by atoms with van der Waals surface area (Å²) >= 11 is 1.38. The van der Waals surface area contributed by atoms with Gasteiger partial charge in [0.2, 0.25) is 11.8 Å². The zero-order chi connectivity index (χ0) is 10.1. The number of amides is 2. The Balaban J connectivity index is 2.16. The van der Waals surface area contributed by atoms with Gasteiger partial charge in [0.25, 0.3) is 0 Å². The van der Waals surface area contributed by atoms with Crippen molar-refractivity contribution >= 4 is 28.3 Å². The van der Waals surface area contributed by atoms with Gasteiger partial charge in [-0.1, -0.05) is 0 Å². The molecule has 74 valence electrons. The highest BCUT2D eigenvalue weighted by atomic mass is 32.1. The number of carbonyl (C=O) groups is 2. The topological polar surface area (TPSA) is 76.3 Å². The summed E-state index contributed by atoms with van der Waals surface area (Å²) in [6.45, 7) is 0.363. The third-order valence-corrected chi connectivity index (χ3v) is 2.97. The summed E-state index contributed by atoms with van der Waals surface area (Å²) in [6, 6.07) is 0. The molecule has 0 aromatic carbocycles. The first-order chi connectivity index (χ1) is 6.68. The third kappa shape index (κ3) is 1.48. The fourth-order valence-electron chi connectivity index (χ4n) is 1.43. The molecule has 14 heavy (non-hydrogen) atoms. The monoisotopic (exact) mass is 211 g/mol. The van der Waals surface area contributed by atoms with E-state index in [0.717, 1.165) is 0 Å². The van der Waals surface area contributed by atoms with Crippen molar-refractivity contribution in [3.8, 4) is 0 Å². The lowest BCUT2D eigenvalue weighted by Gasteiger charge is -2.11. The minimum absolute atomic E-state index is 0.0799. The second-order valence-electron chi connectivity index (χ2n) is 3.12. The van der Waals surface area contributed by atoms with Crippen molar-refractivity contribution in [2.75, 3.05) is 11.4 Å². The largest absolute Gasteiger partial charge is 0.369 e. The van der Waals surface area contributed by atoms with Gasteiger partial charge in [-0.05, 0) is 0 Å². The van der Waals surface area contributed by atoms with Crippen molar-refractivity contribution in [1.29, 1.82) is 0 Å². The normalized spacial score (nSPS) is 21.6. The maximum absolute atomic E-state index is 11.5. The fourth-order valence-corrected chi connectivity index (χ4v) is 2.10. The average molecular weight is 211 g/mol. The van der Waals surface area contributed by atoms with Gasteiger partial charge in [-0.25, -0.2) is 4.98 Å². The standard InChI is InChI=1S/C8H9N3O2S/c9-7(13)5-3-6(12)11(4-5)8-10-1-2-14-8/h1-2,5H,3-4H2,(H2,9,13). The number of rotatable bonds is 2. The molecule has 1 aliphatic heterocycles. The Kier molecular flexibility index (Phi) is 2.20. The van der Waals surface area contributed by atoms with Crippen molar-refractivity contribution in [3.05, 3.63) is 11.6 Å². The molecule has 2 N–H and O–H groups in total. The summed E-state index contributed by atoms with van der Waals surface area (Å²) in [5.74, 6) is -0.868. The van der Waals surface area contributed by atoms with E-state index in [1.807, 2.05) is 0 Å². The number of primary amides is 1. The molecule has 0 bridgehead atoms. The molecule has 1 atom stereocenters. The molecule has 1 aromatic heterocycles. The van der Waals surface area contributed by atoms with Gasteiger partial charge >= 0.3 is 0 Å². The lowest BCUT2D eigenvalue weighted by atomic mass is 10.1. The van der Waals surface area contributed by atoms with E-state index in [0.29, 0.717) is 11.7 Å². The molecule has 1 aliphatic rings. The summed E-state index contributed by atoms with van der Waals surface area (Å²) < 4.78 is 0. The molecule has 1 fully saturated rings. The number of nitrogens with zero attached hydrogens (tertiary/aromatic N) is 2. The highest BCUT2D eigenvalue weighted by Gasteiger charge is 2.34. The van der Waals surface area contributed by atoms with Crippen molar-refractivity contribution in [2.24, 2.45) is 11.7 Å². The van der Waals surface area contributed by atoms with Crippen LogP contribution in [0.15, 0.2) is 11.6 Å².